The van der Waals surface area contributed by atoms with Gasteiger partial charge < -0.3 is 19.4 Å². The number of hydrogen-bond acceptors (Lipinski definition) is 7. The van der Waals surface area contributed by atoms with Gasteiger partial charge in [-0.05, 0) is 37.8 Å². The van der Waals surface area contributed by atoms with Crippen molar-refractivity contribution >= 4 is 29.0 Å². The number of rotatable bonds is 5. The summed E-state index contributed by atoms with van der Waals surface area (Å²) in [6, 6.07) is 3.34. The van der Waals surface area contributed by atoms with Crippen LogP contribution in [-0.4, -0.2) is 77.0 Å². The van der Waals surface area contributed by atoms with Crippen molar-refractivity contribution in [2.75, 3.05) is 42.5 Å². The van der Waals surface area contributed by atoms with Gasteiger partial charge in [0.05, 0.1) is 41.6 Å². The van der Waals surface area contributed by atoms with Crippen LogP contribution in [-0.2, 0) is 15.7 Å². The van der Waals surface area contributed by atoms with Crippen molar-refractivity contribution in [3.8, 4) is 0 Å². The molecular formula is C24H28ClF3N6O3. The number of aromatic amines is 1. The van der Waals surface area contributed by atoms with Gasteiger partial charge in [0.15, 0.2) is 0 Å². The van der Waals surface area contributed by atoms with E-state index in [2.05, 4.69) is 15.0 Å². The van der Waals surface area contributed by atoms with Gasteiger partial charge in [-0.15, -0.1) is 0 Å². The zero-order valence-corrected chi connectivity index (χ0v) is 20.8. The van der Waals surface area contributed by atoms with Crippen LogP contribution in [0, 0.1) is 0 Å². The lowest BCUT2D eigenvalue weighted by molar-refractivity contribution is -0.138. The number of anilines is 2. The Kier molecular flexibility index (Phi) is 7.30. The standard InChI is InChI=1S/C24H28ClF3N6O3/c25-15-3-6-20(29-13-15)32-8-10-33(11-9-32)21(35)12-16-4-5-19(37-16)17-2-1-7-34(17)18-14-30-31-23(36)22(18)24(26,27)28/h3,6,13-14,16-17,19H,1-2,4-5,7-12H2,(H,31,36)/t16-,17+,19-/m1/s1. The maximum atomic E-state index is 13.6. The van der Waals surface area contributed by atoms with Crippen molar-refractivity contribution in [2.45, 2.75) is 56.5 Å². The first-order valence-electron chi connectivity index (χ1n) is 12.4. The number of alkyl halides is 3. The minimum Gasteiger partial charge on any atom is -0.372 e. The monoisotopic (exact) mass is 540 g/mol. The molecule has 3 saturated heterocycles. The molecule has 0 spiro atoms. The average Bonchev–Trinajstić information content (AvgIpc) is 3.53. The topological polar surface area (TPSA) is 94.7 Å². The van der Waals surface area contributed by atoms with Crippen LogP contribution >= 0.6 is 11.6 Å². The van der Waals surface area contributed by atoms with Crippen LogP contribution in [0.2, 0.25) is 5.02 Å². The lowest BCUT2D eigenvalue weighted by Crippen LogP contribution is -2.49. The number of carbonyl (C=O) groups is 1. The van der Waals surface area contributed by atoms with Gasteiger partial charge in [0.25, 0.3) is 5.56 Å². The summed E-state index contributed by atoms with van der Waals surface area (Å²) in [6.45, 7) is 2.86. The molecule has 3 aliphatic heterocycles. The Morgan fingerprint density at radius 2 is 1.89 bits per heavy atom. The molecule has 0 radical (unpaired) electrons. The van der Waals surface area contributed by atoms with Gasteiger partial charge >= 0.3 is 6.18 Å². The molecule has 3 aliphatic rings. The number of nitrogens with one attached hydrogen (secondary N) is 1. The Morgan fingerprint density at radius 3 is 2.59 bits per heavy atom. The molecule has 9 nitrogen and oxygen atoms in total. The van der Waals surface area contributed by atoms with E-state index in [-0.39, 0.29) is 36.3 Å². The second-order valence-electron chi connectivity index (χ2n) is 9.64. The third-order valence-corrected chi connectivity index (χ3v) is 7.59. The smallest absolute Gasteiger partial charge is 0.372 e. The van der Waals surface area contributed by atoms with E-state index in [1.807, 2.05) is 16.1 Å². The van der Waals surface area contributed by atoms with Crippen molar-refractivity contribution in [1.29, 1.82) is 0 Å². The van der Waals surface area contributed by atoms with Crippen molar-refractivity contribution < 1.29 is 22.7 Å². The van der Waals surface area contributed by atoms with E-state index in [1.54, 1.807) is 17.2 Å². The van der Waals surface area contributed by atoms with Crippen molar-refractivity contribution in [3.63, 3.8) is 0 Å². The molecule has 0 bridgehead atoms. The molecule has 2 aromatic heterocycles. The highest BCUT2D eigenvalue weighted by atomic mass is 35.5. The van der Waals surface area contributed by atoms with Gasteiger partial charge in [0, 0.05) is 38.9 Å². The highest BCUT2D eigenvalue weighted by Crippen LogP contribution is 2.39. The Morgan fingerprint density at radius 1 is 1.11 bits per heavy atom. The summed E-state index contributed by atoms with van der Waals surface area (Å²) in [6.07, 6.45) is 0.162. The molecule has 13 heteroatoms. The van der Waals surface area contributed by atoms with E-state index < -0.39 is 17.3 Å². The minimum atomic E-state index is -4.79. The molecule has 5 heterocycles. The number of carbonyl (C=O) groups excluding carboxylic acids is 1. The SMILES string of the molecule is O=C(C[C@H]1CC[C@H]([C@@H]2CCCN2c2cn[nH]c(=O)c2C(F)(F)F)O1)N1CCN(c2ccc(Cl)cn2)CC1. The van der Waals surface area contributed by atoms with E-state index in [4.69, 9.17) is 16.3 Å². The van der Waals surface area contributed by atoms with Gasteiger partial charge in [-0.1, -0.05) is 11.6 Å². The number of H-pyrrole nitrogens is 1. The Labute approximate surface area is 216 Å². The second kappa shape index (κ2) is 10.5. The van der Waals surface area contributed by atoms with Crippen LogP contribution < -0.4 is 15.4 Å². The van der Waals surface area contributed by atoms with E-state index in [9.17, 15) is 22.8 Å². The van der Waals surface area contributed by atoms with E-state index in [0.29, 0.717) is 63.4 Å². The number of aromatic nitrogens is 3. The van der Waals surface area contributed by atoms with Crippen molar-refractivity contribution in [3.05, 3.63) is 45.5 Å². The van der Waals surface area contributed by atoms with Crippen molar-refractivity contribution in [1.82, 2.24) is 20.1 Å². The molecule has 0 aromatic carbocycles. The van der Waals surface area contributed by atoms with Crippen LogP contribution in [0.3, 0.4) is 0 Å². The number of nitrogens with zero attached hydrogens (tertiary/aromatic N) is 5. The quantitative estimate of drug-likeness (QED) is 0.623. The summed E-state index contributed by atoms with van der Waals surface area (Å²) in [7, 11) is 0. The molecule has 0 aliphatic carbocycles. The predicted molar refractivity (Wildman–Crippen MR) is 131 cm³/mol. The third-order valence-electron chi connectivity index (χ3n) is 7.37. The summed E-state index contributed by atoms with van der Waals surface area (Å²) in [5, 5.41) is 6.08. The molecule has 3 fully saturated rings. The predicted octanol–water partition coefficient (Wildman–Crippen LogP) is 3.09. The molecule has 1 amide bonds. The Hall–Kier alpha value is -2.86. The number of halogens is 4. The lowest BCUT2D eigenvalue weighted by atomic mass is 10.0. The van der Waals surface area contributed by atoms with Gasteiger partial charge in [0.1, 0.15) is 11.4 Å². The third kappa shape index (κ3) is 5.54. The molecule has 37 heavy (non-hydrogen) atoms. The maximum absolute atomic E-state index is 13.6. The number of pyridine rings is 1. The van der Waals surface area contributed by atoms with Gasteiger partial charge in [-0.2, -0.15) is 18.3 Å². The largest absolute Gasteiger partial charge is 0.423 e. The molecule has 0 unspecified atom stereocenters. The summed E-state index contributed by atoms with van der Waals surface area (Å²) in [4.78, 5) is 34.8. The van der Waals surface area contributed by atoms with Crippen molar-refractivity contribution in [2.24, 2.45) is 0 Å². The van der Waals surface area contributed by atoms with Gasteiger partial charge in [-0.25, -0.2) is 10.1 Å². The van der Waals surface area contributed by atoms with E-state index in [1.165, 1.54) is 0 Å². The average molecular weight is 541 g/mol. The highest BCUT2D eigenvalue weighted by Gasteiger charge is 2.44. The van der Waals surface area contributed by atoms with E-state index in [0.717, 1.165) is 12.0 Å². The van der Waals surface area contributed by atoms with E-state index >= 15 is 0 Å². The first-order chi connectivity index (χ1) is 17.7. The van der Waals surface area contributed by atoms with Gasteiger partial charge in [-0.3, -0.25) is 9.59 Å². The molecule has 5 rings (SSSR count). The van der Waals surface area contributed by atoms with Crippen LogP contribution in [0.4, 0.5) is 24.7 Å². The zero-order valence-electron chi connectivity index (χ0n) is 20.1. The summed E-state index contributed by atoms with van der Waals surface area (Å²) < 4.78 is 47.1. The van der Waals surface area contributed by atoms with Crippen LogP contribution in [0.5, 0.6) is 0 Å². The summed E-state index contributed by atoms with van der Waals surface area (Å²) in [5.41, 5.74) is -2.69. The van der Waals surface area contributed by atoms with Crippen LogP contribution in [0.25, 0.3) is 0 Å². The molecule has 0 saturated carbocycles. The molecule has 3 atom stereocenters. The normalized spacial score (nSPS) is 24.6. The molecule has 1 N–H and O–H groups in total. The Bertz CT molecular complexity index is 1170. The Balaban J connectivity index is 1.17. The number of hydrogen-bond donors (Lipinski definition) is 1. The fourth-order valence-corrected chi connectivity index (χ4v) is 5.70. The lowest BCUT2D eigenvalue weighted by Gasteiger charge is -2.36. The fraction of sp³-hybridized carbons (Fsp3) is 0.583. The van der Waals surface area contributed by atoms with Crippen LogP contribution in [0.1, 0.15) is 37.7 Å². The maximum Gasteiger partial charge on any atom is 0.423 e. The molecular weight excluding hydrogens is 513 g/mol. The summed E-state index contributed by atoms with van der Waals surface area (Å²) in [5.74, 6) is 0.833. The highest BCUT2D eigenvalue weighted by molar-refractivity contribution is 6.30. The van der Waals surface area contributed by atoms with Crippen LogP contribution in [0.15, 0.2) is 29.3 Å². The minimum absolute atomic E-state index is 0.00999. The number of amides is 1. The summed E-state index contributed by atoms with van der Waals surface area (Å²) >= 11 is 5.91. The zero-order chi connectivity index (χ0) is 26.2. The first-order valence-corrected chi connectivity index (χ1v) is 12.8. The fourth-order valence-electron chi connectivity index (χ4n) is 5.59. The van der Waals surface area contributed by atoms with Gasteiger partial charge in [0.2, 0.25) is 5.91 Å². The number of piperazine rings is 1. The molecule has 2 aromatic rings. The molecule has 200 valence electrons. The number of ether oxygens (including phenoxy) is 1. The second-order valence-corrected chi connectivity index (χ2v) is 10.1. The first kappa shape index (κ1) is 25.8.